The highest BCUT2D eigenvalue weighted by atomic mass is 35.5. The molecule has 3 aromatic carbocycles. The molecular formula is C49H56ClN7O8S. The lowest BCUT2D eigenvalue weighted by Crippen LogP contribution is -2.47. The molecule has 2 aliphatic carbocycles. The molecule has 348 valence electrons. The van der Waals surface area contributed by atoms with E-state index in [0.717, 1.165) is 57.8 Å². The van der Waals surface area contributed by atoms with Crippen LogP contribution < -0.4 is 20.1 Å². The Morgan fingerprint density at radius 1 is 0.985 bits per heavy atom. The van der Waals surface area contributed by atoms with Crippen LogP contribution in [0.25, 0.3) is 16.6 Å². The number of primary amides is 1. The van der Waals surface area contributed by atoms with Gasteiger partial charge < -0.3 is 29.8 Å². The summed E-state index contributed by atoms with van der Waals surface area (Å²) in [5, 5.41) is 14.1. The van der Waals surface area contributed by atoms with Gasteiger partial charge in [-0.25, -0.2) is 13.4 Å². The molecule has 9 rings (SSSR count). The molecule has 2 aliphatic heterocycles. The number of hydrogen-bond acceptors (Lipinski definition) is 12. The predicted octanol–water partition coefficient (Wildman–Crippen LogP) is 8.66. The third kappa shape index (κ3) is 9.79. The van der Waals surface area contributed by atoms with Crippen LogP contribution in [0.15, 0.2) is 94.5 Å². The molecule has 2 saturated heterocycles. The van der Waals surface area contributed by atoms with Gasteiger partial charge in [-0.05, 0) is 110 Å². The zero-order valence-electron chi connectivity index (χ0n) is 37.3. The highest BCUT2D eigenvalue weighted by Crippen LogP contribution is 2.46. The Kier molecular flexibility index (Phi) is 13.1. The molecule has 17 heteroatoms. The first-order valence-electron chi connectivity index (χ1n) is 22.8. The molecule has 5 aromatic rings. The quantitative estimate of drug-likeness (QED) is 0.0847. The summed E-state index contributed by atoms with van der Waals surface area (Å²) in [6.45, 7) is 10.7. The number of hydrogen-bond donors (Lipinski definition) is 2. The number of rotatable bonds is 13. The number of carbonyl (C=O) groups excluding carboxylic acids is 1. The molecule has 15 nitrogen and oxygen atoms in total. The van der Waals surface area contributed by atoms with Crippen molar-refractivity contribution >= 4 is 55.3 Å². The number of fused-ring (bicyclic) bond motifs is 1. The smallest absolute Gasteiger partial charge is 0.312 e. The molecule has 0 unspecified atom stereocenters. The molecule has 4 heterocycles. The van der Waals surface area contributed by atoms with Gasteiger partial charge in [-0.1, -0.05) is 43.2 Å². The molecule has 0 atom stereocenters. The first-order chi connectivity index (χ1) is 31.7. The number of aromatic amines is 1. The number of anilines is 1. The minimum atomic E-state index is -4.68. The second-order valence-corrected chi connectivity index (χ2v) is 20.9. The van der Waals surface area contributed by atoms with Gasteiger partial charge in [0.2, 0.25) is 9.84 Å². The Labute approximate surface area is 389 Å². The number of carbonyl (C=O) groups is 1. The van der Waals surface area contributed by atoms with Gasteiger partial charge in [0.1, 0.15) is 16.3 Å². The SMILES string of the molecule is CC1(C)CCC(CN2CCN(c3ccc(C(N)=O)c(Oc4cnc5[nH]ccc5c4)c3S(=O)(=O)c3ccc(O[C@H]4CC[C@H](N5CCOCC5)CC4)c([N+](=O)[O-])c3)CC2)=C(c2ccc(Cl)cc2)C1. The number of aromatic nitrogens is 2. The lowest BCUT2D eigenvalue weighted by atomic mass is 9.72. The number of amides is 1. The van der Waals surface area contributed by atoms with Crippen molar-refractivity contribution in [3.8, 4) is 17.2 Å². The van der Waals surface area contributed by atoms with Crippen molar-refractivity contribution in [1.29, 1.82) is 0 Å². The van der Waals surface area contributed by atoms with E-state index in [9.17, 15) is 14.9 Å². The van der Waals surface area contributed by atoms with E-state index >= 15 is 8.42 Å². The topological polar surface area (TPSA) is 186 Å². The van der Waals surface area contributed by atoms with E-state index in [1.807, 2.05) is 17.0 Å². The Balaban J connectivity index is 1.04. The fourth-order valence-corrected chi connectivity index (χ4v) is 11.7. The molecule has 3 N–H and O–H groups in total. The molecule has 1 amide bonds. The summed E-state index contributed by atoms with van der Waals surface area (Å²) in [6.07, 6.45) is 9.05. The average molecular weight is 939 g/mol. The van der Waals surface area contributed by atoms with Crippen LogP contribution in [0.4, 0.5) is 11.4 Å². The maximum atomic E-state index is 15.3. The molecular weight excluding hydrogens is 882 g/mol. The van der Waals surface area contributed by atoms with Gasteiger partial charge in [0.25, 0.3) is 5.91 Å². The van der Waals surface area contributed by atoms with E-state index < -0.39 is 26.4 Å². The van der Waals surface area contributed by atoms with Crippen LogP contribution in [0.2, 0.25) is 5.02 Å². The van der Waals surface area contributed by atoms with Crippen molar-refractivity contribution in [2.45, 2.75) is 80.7 Å². The molecule has 4 aliphatic rings. The van der Waals surface area contributed by atoms with E-state index in [2.05, 4.69) is 45.7 Å². The second-order valence-electron chi connectivity index (χ2n) is 18.6. The third-order valence-corrected chi connectivity index (χ3v) is 15.7. The second kappa shape index (κ2) is 19.0. The number of benzene rings is 3. The number of nitrogens with two attached hydrogens (primary N) is 1. The minimum Gasteiger partial charge on any atom is -0.484 e. The standard InChI is InChI=1S/C49H56ClN7O8S/c1-49(2)17-15-34(41(29-49)32-3-5-35(50)6-4-32)31-54-19-21-56(22-20-54)42-13-12-40(47(51)58)45(65-38-27-33-16-18-52-48(33)53-30-38)46(42)66(61,62)39-11-14-44(43(28-39)57(59)60)64-37-9-7-36(8-10-37)55-23-25-63-26-24-55/h3-6,11-14,16,18,27-28,30,36-37H,7-10,15,17,19-26,29,31H2,1-2H3,(H2,51,58)(H,52,53)/t36-,37-. The van der Waals surface area contributed by atoms with E-state index in [1.54, 1.807) is 24.4 Å². The number of sulfone groups is 1. The van der Waals surface area contributed by atoms with Crippen molar-refractivity contribution < 1.29 is 32.3 Å². The van der Waals surface area contributed by atoms with Gasteiger partial charge in [0.05, 0.1) is 46.6 Å². The summed E-state index contributed by atoms with van der Waals surface area (Å²) in [6, 6.07) is 18.7. The van der Waals surface area contributed by atoms with Gasteiger partial charge in [-0.2, -0.15) is 0 Å². The van der Waals surface area contributed by atoms with Gasteiger partial charge >= 0.3 is 5.69 Å². The number of H-pyrrole nitrogens is 1. The fourth-order valence-electron chi connectivity index (χ4n) is 10.0. The summed E-state index contributed by atoms with van der Waals surface area (Å²) >= 11 is 6.27. The van der Waals surface area contributed by atoms with Crippen LogP contribution in [0, 0.1) is 15.5 Å². The molecule has 2 aromatic heterocycles. The number of nitrogens with zero attached hydrogens (tertiary/aromatic N) is 5. The summed E-state index contributed by atoms with van der Waals surface area (Å²) in [4.78, 5) is 38.8. The van der Waals surface area contributed by atoms with Crippen molar-refractivity contribution in [2.75, 3.05) is 63.9 Å². The number of allylic oxidation sites excluding steroid dienone is 1. The number of ether oxygens (including phenoxy) is 3. The first-order valence-corrected chi connectivity index (χ1v) is 24.6. The largest absolute Gasteiger partial charge is 0.484 e. The van der Waals surface area contributed by atoms with Crippen LogP contribution in [0.3, 0.4) is 0 Å². The van der Waals surface area contributed by atoms with E-state index in [0.29, 0.717) is 74.3 Å². The van der Waals surface area contributed by atoms with Gasteiger partial charge in [-0.15, -0.1) is 0 Å². The van der Waals surface area contributed by atoms with Crippen molar-refractivity contribution in [1.82, 2.24) is 19.8 Å². The Bertz CT molecular complexity index is 2760. The molecule has 0 radical (unpaired) electrons. The number of pyridine rings is 1. The van der Waals surface area contributed by atoms with Crippen LogP contribution >= 0.6 is 11.6 Å². The number of halogens is 1. The summed E-state index contributed by atoms with van der Waals surface area (Å²) in [5.74, 6) is -1.04. The van der Waals surface area contributed by atoms with Crippen LogP contribution in [0.1, 0.15) is 74.7 Å². The van der Waals surface area contributed by atoms with Crippen molar-refractivity contribution in [3.63, 3.8) is 0 Å². The summed E-state index contributed by atoms with van der Waals surface area (Å²) in [7, 11) is -4.68. The Morgan fingerprint density at radius 2 is 1.73 bits per heavy atom. The van der Waals surface area contributed by atoms with E-state index in [4.69, 9.17) is 31.5 Å². The molecule has 66 heavy (non-hydrogen) atoms. The van der Waals surface area contributed by atoms with Crippen LogP contribution in [-0.4, -0.2) is 110 Å². The number of piperazine rings is 1. The van der Waals surface area contributed by atoms with E-state index in [-0.39, 0.29) is 49.8 Å². The van der Waals surface area contributed by atoms with Gasteiger partial charge in [-0.3, -0.25) is 24.7 Å². The van der Waals surface area contributed by atoms with Crippen LogP contribution in [0.5, 0.6) is 17.2 Å². The fraction of sp³-hybridized carbons (Fsp3) is 0.429. The molecule has 0 spiro atoms. The van der Waals surface area contributed by atoms with Crippen LogP contribution in [-0.2, 0) is 14.6 Å². The normalized spacial score (nSPS) is 20.9. The zero-order chi connectivity index (χ0) is 46.2. The molecule has 1 saturated carbocycles. The summed E-state index contributed by atoms with van der Waals surface area (Å²) in [5.41, 5.74) is 10.2. The van der Waals surface area contributed by atoms with Crippen molar-refractivity contribution in [3.05, 3.63) is 111 Å². The first kappa shape index (κ1) is 45.6. The van der Waals surface area contributed by atoms with Crippen molar-refractivity contribution in [2.24, 2.45) is 11.1 Å². The molecule has 3 fully saturated rings. The number of nitro benzene ring substituents is 1. The minimum absolute atomic E-state index is 0.00535. The Morgan fingerprint density at radius 3 is 2.44 bits per heavy atom. The van der Waals surface area contributed by atoms with Gasteiger partial charge in [0, 0.05) is 74.5 Å². The highest BCUT2D eigenvalue weighted by molar-refractivity contribution is 7.91. The lowest BCUT2D eigenvalue weighted by Gasteiger charge is -2.40. The number of morpholine rings is 1. The molecule has 0 bridgehead atoms. The van der Waals surface area contributed by atoms with Gasteiger partial charge in [0.15, 0.2) is 11.5 Å². The average Bonchev–Trinajstić information content (AvgIpc) is 3.78. The highest BCUT2D eigenvalue weighted by Gasteiger charge is 2.37. The zero-order valence-corrected chi connectivity index (χ0v) is 38.9. The summed E-state index contributed by atoms with van der Waals surface area (Å²) < 4.78 is 48.8. The number of nitro groups is 1. The lowest BCUT2D eigenvalue weighted by molar-refractivity contribution is -0.386. The monoisotopic (exact) mass is 937 g/mol. The van der Waals surface area contributed by atoms with E-state index in [1.165, 1.54) is 41.1 Å². The predicted molar refractivity (Wildman–Crippen MR) is 253 cm³/mol. The number of nitrogens with one attached hydrogen (secondary N) is 1. The maximum Gasteiger partial charge on any atom is 0.312 e. The Hall–Kier alpha value is -5.52. The maximum absolute atomic E-state index is 15.3. The third-order valence-electron chi connectivity index (χ3n) is 13.7.